The summed E-state index contributed by atoms with van der Waals surface area (Å²) in [6.45, 7) is 15.3. The largest absolute Gasteiger partial charge is 0.418 e. The van der Waals surface area contributed by atoms with Crippen LogP contribution in [-0.4, -0.2) is 35.0 Å². The second-order valence-corrected chi connectivity index (χ2v) is 19.7. The van der Waals surface area contributed by atoms with Crippen LogP contribution in [0.25, 0.3) is 0 Å². The van der Waals surface area contributed by atoms with Crippen LogP contribution in [-0.2, 0) is 16.5 Å². The van der Waals surface area contributed by atoms with Crippen LogP contribution in [0.5, 0.6) is 0 Å². The average molecular weight is 367 g/mol. The maximum absolute atomic E-state index is 6.82. The lowest BCUT2D eigenvalue weighted by Gasteiger charge is -2.47. The van der Waals surface area contributed by atoms with E-state index < -0.39 is 35.0 Å². The Morgan fingerprint density at radius 3 is 1.76 bits per heavy atom. The molecular formula is C13H34O4Si4. The van der Waals surface area contributed by atoms with Gasteiger partial charge in [0.2, 0.25) is 0 Å². The van der Waals surface area contributed by atoms with Gasteiger partial charge in [0.15, 0.2) is 0 Å². The zero-order valence-electron chi connectivity index (χ0n) is 15.0. The Hall–Kier alpha value is 0.708. The summed E-state index contributed by atoms with van der Waals surface area (Å²) in [5.74, 6) is 0. The summed E-state index contributed by atoms with van der Waals surface area (Å²) in [4.78, 5) is 0. The van der Waals surface area contributed by atoms with Crippen molar-refractivity contribution in [1.82, 2.24) is 0 Å². The lowest BCUT2D eigenvalue weighted by atomic mass is 10.6. The zero-order chi connectivity index (χ0) is 16.1. The minimum atomic E-state index is -2.20. The van der Waals surface area contributed by atoms with Crippen molar-refractivity contribution in [2.45, 2.75) is 84.4 Å². The van der Waals surface area contributed by atoms with Gasteiger partial charge in [-0.05, 0) is 44.3 Å². The molecule has 0 saturated carbocycles. The van der Waals surface area contributed by atoms with Gasteiger partial charge in [0.1, 0.15) is 0 Å². The first kappa shape index (κ1) is 19.8. The van der Waals surface area contributed by atoms with Crippen molar-refractivity contribution in [2.75, 3.05) is 0 Å². The lowest BCUT2D eigenvalue weighted by molar-refractivity contribution is 0.237. The molecule has 0 aliphatic carbocycles. The van der Waals surface area contributed by atoms with Crippen molar-refractivity contribution in [2.24, 2.45) is 0 Å². The molecule has 1 heterocycles. The van der Waals surface area contributed by atoms with E-state index in [1.54, 1.807) is 0 Å². The summed E-state index contributed by atoms with van der Waals surface area (Å²) >= 11 is 0. The Kier molecular flexibility index (Phi) is 7.52. The molecule has 4 nitrogen and oxygen atoms in total. The summed E-state index contributed by atoms with van der Waals surface area (Å²) in [6, 6.07) is 3.17. The van der Waals surface area contributed by atoms with Crippen LogP contribution in [0.1, 0.15) is 40.0 Å². The fourth-order valence-electron chi connectivity index (χ4n) is 3.37. The molecule has 2 unspecified atom stereocenters. The molecule has 2 atom stereocenters. The molecule has 21 heavy (non-hydrogen) atoms. The van der Waals surface area contributed by atoms with E-state index in [0.29, 0.717) is 0 Å². The molecule has 0 radical (unpaired) electrons. The molecular weight excluding hydrogens is 332 g/mol. The smallest absolute Gasteiger partial charge is 0.320 e. The molecule has 0 bridgehead atoms. The predicted octanol–water partition coefficient (Wildman–Crippen LogP) is 4.36. The zero-order valence-corrected chi connectivity index (χ0v) is 19.1. The molecule has 1 aliphatic rings. The van der Waals surface area contributed by atoms with E-state index in [0.717, 1.165) is 37.4 Å². The normalized spacial score (nSPS) is 32.4. The molecule has 126 valence electrons. The van der Waals surface area contributed by atoms with Crippen molar-refractivity contribution in [1.29, 1.82) is 0 Å². The van der Waals surface area contributed by atoms with Crippen LogP contribution >= 0.6 is 0 Å². The molecule has 0 aromatic heterocycles. The van der Waals surface area contributed by atoms with Crippen LogP contribution in [0.2, 0.25) is 44.3 Å². The molecule has 1 rings (SSSR count). The summed E-state index contributed by atoms with van der Waals surface area (Å²) in [7, 11) is -8.15. The quantitative estimate of drug-likeness (QED) is 0.654. The third-order valence-electron chi connectivity index (χ3n) is 3.66. The highest BCUT2D eigenvalue weighted by Gasteiger charge is 2.51. The van der Waals surface area contributed by atoms with Gasteiger partial charge in [-0.2, -0.15) is 0 Å². The highest BCUT2D eigenvalue weighted by atomic mass is 28.5. The molecule has 1 saturated heterocycles. The minimum absolute atomic E-state index is 1.04. The number of hydrogen-bond donors (Lipinski definition) is 0. The molecule has 1 fully saturated rings. The third kappa shape index (κ3) is 6.02. The Morgan fingerprint density at radius 2 is 1.29 bits per heavy atom. The van der Waals surface area contributed by atoms with E-state index in [-0.39, 0.29) is 0 Å². The molecule has 0 aromatic rings. The van der Waals surface area contributed by atoms with Crippen LogP contribution < -0.4 is 0 Å². The van der Waals surface area contributed by atoms with Crippen LogP contribution in [0.15, 0.2) is 0 Å². The lowest BCUT2D eigenvalue weighted by Crippen LogP contribution is -2.63. The fraction of sp³-hybridized carbons (Fsp3) is 1.00. The standard InChI is InChI=1S/C13H34O4Si4/c1-8-11-20(7)16-19(5,6)14-18(4)15-21(17-20,12-9-2)13-10-3/h18H,8-13H2,1-7H3. The van der Waals surface area contributed by atoms with Gasteiger partial charge in [0.05, 0.1) is 0 Å². The summed E-state index contributed by atoms with van der Waals surface area (Å²) in [5, 5.41) is 0. The molecule has 0 spiro atoms. The van der Waals surface area contributed by atoms with Crippen LogP contribution in [0.4, 0.5) is 0 Å². The fourth-order valence-corrected chi connectivity index (χ4v) is 24.0. The van der Waals surface area contributed by atoms with E-state index in [4.69, 9.17) is 16.5 Å². The molecule has 8 heteroatoms. The van der Waals surface area contributed by atoms with Gasteiger partial charge in [-0.15, -0.1) is 0 Å². The summed E-state index contributed by atoms with van der Waals surface area (Å²) in [5.41, 5.74) is 0. The van der Waals surface area contributed by atoms with Gasteiger partial charge in [0, 0.05) is 0 Å². The van der Waals surface area contributed by atoms with E-state index in [2.05, 4.69) is 47.0 Å². The topological polar surface area (TPSA) is 36.9 Å². The van der Waals surface area contributed by atoms with E-state index in [1.807, 2.05) is 0 Å². The Balaban J connectivity index is 3.09. The third-order valence-corrected chi connectivity index (χ3v) is 21.1. The van der Waals surface area contributed by atoms with E-state index >= 15 is 0 Å². The molecule has 0 aromatic carbocycles. The van der Waals surface area contributed by atoms with Gasteiger partial charge < -0.3 is 16.5 Å². The maximum atomic E-state index is 6.82. The van der Waals surface area contributed by atoms with Gasteiger partial charge in [-0.3, -0.25) is 0 Å². The Bertz CT molecular complexity index is 323. The predicted molar refractivity (Wildman–Crippen MR) is 97.5 cm³/mol. The first-order valence-corrected chi connectivity index (χ1v) is 18.1. The van der Waals surface area contributed by atoms with Crippen molar-refractivity contribution in [3.8, 4) is 0 Å². The van der Waals surface area contributed by atoms with Crippen LogP contribution in [0.3, 0.4) is 0 Å². The Morgan fingerprint density at radius 1 is 0.762 bits per heavy atom. The Labute approximate surface area is 136 Å². The highest BCUT2D eigenvalue weighted by Crippen LogP contribution is 2.34. The van der Waals surface area contributed by atoms with Crippen molar-refractivity contribution in [3.05, 3.63) is 0 Å². The second kappa shape index (κ2) is 8.00. The monoisotopic (exact) mass is 366 g/mol. The molecule has 0 N–H and O–H groups in total. The number of rotatable bonds is 6. The van der Waals surface area contributed by atoms with Crippen LogP contribution in [0, 0.1) is 0 Å². The van der Waals surface area contributed by atoms with E-state index in [9.17, 15) is 0 Å². The second-order valence-electron chi connectivity index (χ2n) is 6.70. The van der Waals surface area contributed by atoms with Gasteiger partial charge in [-0.1, -0.05) is 40.0 Å². The van der Waals surface area contributed by atoms with E-state index in [1.165, 1.54) is 0 Å². The first-order valence-electron chi connectivity index (χ1n) is 8.46. The van der Waals surface area contributed by atoms with Crippen molar-refractivity contribution < 1.29 is 16.5 Å². The van der Waals surface area contributed by atoms with Gasteiger partial charge in [-0.25, -0.2) is 0 Å². The van der Waals surface area contributed by atoms with Gasteiger partial charge in [0.25, 0.3) is 0 Å². The summed E-state index contributed by atoms with van der Waals surface area (Å²) in [6.07, 6.45) is 3.33. The SMILES string of the molecule is CCC[Si]1(C)O[Si](C)(C)O[SiH](C)O[Si](CCC)(CCC)O1. The summed E-state index contributed by atoms with van der Waals surface area (Å²) < 4.78 is 26.2. The number of hydrogen-bond acceptors (Lipinski definition) is 4. The molecule has 1 aliphatic heterocycles. The minimum Gasteiger partial charge on any atom is -0.418 e. The van der Waals surface area contributed by atoms with Crippen molar-refractivity contribution in [3.63, 3.8) is 0 Å². The maximum Gasteiger partial charge on any atom is 0.320 e. The molecule has 0 amide bonds. The average Bonchev–Trinajstić information content (AvgIpc) is 2.25. The highest BCUT2D eigenvalue weighted by molar-refractivity contribution is 6.90. The van der Waals surface area contributed by atoms with Gasteiger partial charge >= 0.3 is 35.0 Å². The van der Waals surface area contributed by atoms with Crippen molar-refractivity contribution >= 4 is 35.0 Å². The first-order chi connectivity index (χ1) is 9.70.